The van der Waals surface area contributed by atoms with Crippen LogP contribution in [0.3, 0.4) is 0 Å². The van der Waals surface area contributed by atoms with Gasteiger partial charge in [0.05, 0.1) is 0 Å². The number of nitrogens with zero attached hydrogens (tertiary/aromatic N) is 2. The number of hydrogen-bond acceptors (Lipinski definition) is 3. The van der Waals surface area contributed by atoms with Crippen LogP contribution in [0.2, 0.25) is 0 Å². The quantitative estimate of drug-likeness (QED) is 0.714. The van der Waals surface area contributed by atoms with Gasteiger partial charge in [-0.25, -0.2) is 0 Å². The SMILES string of the molecule is CNCC1C(=O)N(CC(C)C)CCN1C. The Morgan fingerprint density at radius 3 is 2.67 bits per heavy atom. The van der Waals surface area contributed by atoms with E-state index >= 15 is 0 Å². The van der Waals surface area contributed by atoms with Gasteiger partial charge < -0.3 is 10.2 Å². The molecule has 0 aliphatic carbocycles. The number of carbonyl (C=O) groups is 1. The Morgan fingerprint density at radius 1 is 1.47 bits per heavy atom. The minimum Gasteiger partial charge on any atom is -0.340 e. The standard InChI is InChI=1S/C11H23N3O/c1-9(2)8-14-6-5-13(4)10(7-12-3)11(14)15/h9-10,12H,5-8H2,1-4H3. The van der Waals surface area contributed by atoms with Gasteiger partial charge in [-0.15, -0.1) is 0 Å². The first-order valence-corrected chi connectivity index (χ1v) is 5.70. The summed E-state index contributed by atoms with van der Waals surface area (Å²) in [7, 11) is 3.91. The van der Waals surface area contributed by atoms with Crippen LogP contribution < -0.4 is 5.32 Å². The lowest BCUT2D eigenvalue weighted by molar-refractivity contribution is -0.141. The van der Waals surface area contributed by atoms with Crippen molar-refractivity contribution in [1.29, 1.82) is 0 Å². The van der Waals surface area contributed by atoms with E-state index in [1.165, 1.54) is 0 Å². The zero-order valence-electron chi connectivity index (χ0n) is 10.3. The van der Waals surface area contributed by atoms with Crippen LogP contribution in [0.4, 0.5) is 0 Å². The summed E-state index contributed by atoms with van der Waals surface area (Å²) in [6.45, 7) is 7.77. The number of likely N-dealkylation sites (N-methyl/N-ethyl adjacent to an activating group) is 2. The van der Waals surface area contributed by atoms with Crippen molar-refractivity contribution < 1.29 is 4.79 Å². The van der Waals surface area contributed by atoms with Crippen LogP contribution >= 0.6 is 0 Å². The van der Waals surface area contributed by atoms with E-state index in [-0.39, 0.29) is 11.9 Å². The highest BCUT2D eigenvalue weighted by molar-refractivity contribution is 5.82. The predicted molar refractivity (Wildman–Crippen MR) is 61.8 cm³/mol. The second kappa shape index (κ2) is 5.47. The van der Waals surface area contributed by atoms with Crippen molar-refractivity contribution in [3.63, 3.8) is 0 Å². The Balaban J connectivity index is 2.59. The molecule has 1 atom stereocenters. The van der Waals surface area contributed by atoms with Gasteiger partial charge in [0.1, 0.15) is 6.04 Å². The molecule has 0 radical (unpaired) electrons. The normalized spacial score (nSPS) is 23.9. The summed E-state index contributed by atoms with van der Waals surface area (Å²) < 4.78 is 0. The van der Waals surface area contributed by atoms with Crippen molar-refractivity contribution >= 4 is 5.91 Å². The average molecular weight is 213 g/mol. The molecule has 0 aromatic rings. The third-order valence-electron chi connectivity index (χ3n) is 2.83. The van der Waals surface area contributed by atoms with Gasteiger partial charge in [0.2, 0.25) is 5.91 Å². The van der Waals surface area contributed by atoms with Gasteiger partial charge in [0.15, 0.2) is 0 Å². The fourth-order valence-corrected chi connectivity index (χ4v) is 2.00. The van der Waals surface area contributed by atoms with Crippen molar-refractivity contribution in [2.24, 2.45) is 5.92 Å². The topological polar surface area (TPSA) is 35.6 Å². The summed E-state index contributed by atoms with van der Waals surface area (Å²) in [6, 6.07) is 0.0162. The molecule has 0 bridgehead atoms. The van der Waals surface area contributed by atoms with E-state index in [0.717, 1.165) is 26.2 Å². The smallest absolute Gasteiger partial charge is 0.241 e. The monoisotopic (exact) mass is 213 g/mol. The van der Waals surface area contributed by atoms with E-state index in [1.54, 1.807) is 0 Å². The maximum atomic E-state index is 12.1. The number of carbonyl (C=O) groups excluding carboxylic acids is 1. The van der Waals surface area contributed by atoms with Gasteiger partial charge in [-0.3, -0.25) is 9.69 Å². The Kier molecular flexibility index (Phi) is 4.54. The molecular weight excluding hydrogens is 190 g/mol. The first-order valence-electron chi connectivity index (χ1n) is 5.70. The average Bonchev–Trinajstić information content (AvgIpc) is 2.16. The van der Waals surface area contributed by atoms with Gasteiger partial charge in [0.25, 0.3) is 0 Å². The minimum atomic E-state index is 0.0162. The molecule has 0 aromatic heterocycles. The third-order valence-corrected chi connectivity index (χ3v) is 2.83. The molecule has 0 aromatic carbocycles. The zero-order chi connectivity index (χ0) is 11.4. The zero-order valence-corrected chi connectivity index (χ0v) is 10.3. The molecule has 1 saturated heterocycles. The predicted octanol–water partition coefficient (Wildman–Crippen LogP) is 0.00440. The van der Waals surface area contributed by atoms with Crippen molar-refractivity contribution in [1.82, 2.24) is 15.1 Å². The second-order valence-corrected chi connectivity index (χ2v) is 4.73. The number of rotatable bonds is 4. The fraction of sp³-hybridized carbons (Fsp3) is 0.909. The highest BCUT2D eigenvalue weighted by Gasteiger charge is 2.31. The van der Waals surface area contributed by atoms with Gasteiger partial charge in [-0.1, -0.05) is 13.8 Å². The van der Waals surface area contributed by atoms with Crippen LogP contribution in [0.25, 0.3) is 0 Å². The van der Waals surface area contributed by atoms with E-state index in [0.29, 0.717) is 5.92 Å². The molecule has 88 valence electrons. The number of amides is 1. The van der Waals surface area contributed by atoms with E-state index in [4.69, 9.17) is 0 Å². The number of hydrogen-bond donors (Lipinski definition) is 1. The molecular formula is C11H23N3O. The van der Waals surface area contributed by atoms with Gasteiger partial charge in [-0.05, 0) is 20.0 Å². The summed E-state index contributed by atoms with van der Waals surface area (Å²) in [6.07, 6.45) is 0. The molecule has 1 fully saturated rings. The van der Waals surface area contributed by atoms with Crippen LogP contribution in [0.15, 0.2) is 0 Å². The maximum Gasteiger partial charge on any atom is 0.241 e. The molecule has 1 amide bonds. The van der Waals surface area contributed by atoms with Crippen LogP contribution in [0, 0.1) is 5.92 Å². The van der Waals surface area contributed by atoms with Crippen LogP contribution in [0.5, 0.6) is 0 Å². The first kappa shape index (κ1) is 12.5. The van der Waals surface area contributed by atoms with E-state index in [2.05, 4.69) is 24.1 Å². The molecule has 4 heteroatoms. The lowest BCUT2D eigenvalue weighted by atomic mass is 10.1. The molecule has 1 aliphatic heterocycles. The maximum absolute atomic E-state index is 12.1. The highest BCUT2D eigenvalue weighted by atomic mass is 16.2. The molecule has 1 N–H and O–H groups in total. The molecule has 0 spiro atoms. The van der Waals surface area contributed by atoms with Crippen molar-refractivity contribution in [3.8, 4) is 0 Å². The van der Waals surface area contributed by atoms with Crippen molar-refractivity contribution in [3.05, 3.63) is 0 Å². The number of piperazine rings is 1. The number of nitrogens with one attached hydrogen (secondary N) is 1. The molecule has 1 aliphatic rings. The molecule has 0 saturated carbocycles. The Hall–Kier alpha value is -0.610. The summed E-state index contributed by atoms with van der Waals surface area (Å²) in [4.78, 5) is 16.2. The summed E-state index contributed by atoms with van der Waals surface area (Å²) in [5.74, 6) is 0.819. The molecule has 1 unspecified atom stereocenters. The van der Waals surface area contributed by atoms with E-state index in [9.17, 15) is 4.79 Å². The fourth-order valence-electron chi connectivity index (χ4n) is 2.00. The molecule has 1 heterocycles. The first-order chi connectivity index (χ1) is 7.06. The summed E-state index contributed by atoms with van der Waals surface area (Å²) in [5, 5.41) is 3.08. The van der Waals surface area contributed by atoms with Crippen LogP contribution in [0.1, 0.15) is 13.8 Å². The van der Waals surface area contributed by atoms with E-state index < -0.39 is 0 Å². The molecule has 15 heavy (non-hydrogen) atoms. The summed E-state index contributed by atoms with van der Waals surface area (Å²) >= 11 is 0. The van der Waals surface area contributed by atoms with Crippen LogP contribution in [-0.2, 0) is 4.79 Å². The Labute approximate surface area is 92.6 Å². The Morgan fingerprint density at radius 2 is 2.13 bits per heavy atom. The van der Waals surface area contributed by atoms with Crippen LogP contribution in [-0.4, -0.2) is 62.0 Å². The Bertz CT molecular complexity index is 218. The van der Waals surface area contributed by atoms with Gasteiger partial charge >= 0.3 is 0 Å². The second-order valence-electron chi connectivity index (χ2n) is 4.73. The van der Waals surface area contributed by atoms with Crippen molar-refractivity contribution in [2.75, 3.05) is 40.3 Å². The lowest BCUT2D eigenvalue weighted by Gasteiger charge is -2.39. The minimum absolute atomic E-state index is 0.0162. The van der Waals surface area contributed by atoms with Crippen molar-refractivity contribution in [2.45, 2.75) is 19.9 Å². The molecule has 1 rings (SSSR count). The van der Waals surface area contributed by atoms with Gasteiger partial charge in [0, 0.05) is 26.2 Å². The van der Waals surface area contributed by atoms with Gasteiger partial charge in [-0.2, -0.15) is 0 Å². The van der Waals surface area contributed by atoms with E-state index in [1.807, 2.05) is 19.0 Å². The largest absolute Gasteiger partial charge is 0.340 e. The molecule has 4 nitrogen and oxygen atoms in total. The highest BCUT2D eigenvalue weighted by Crippen LogP contribution is 2.10. The summed E-state index contributed by atoms with van der Waals surface area (Å²) in [5.41, 5.74) is 0. The lowest BCUT2D eigenvalue weighted by Crippen LogP contribution is -2.59. The third kappa shape index (κ3) is 3.18.